The zero-order chi connectivity index (χ0) is 12.4. The molecule has 1 aromatic rings. The van der Waals surface area contributed by atoms with Gasteiger partial charge in [0.15, 0.2) is 11.6 Å². The Kier molecular flexibility index (Phi) is 5.04. The van der Waals surface area contributed by atoms with E-state index >= 15 is 0 Å². The maximum absolute atomic E-state index is 13.3. The Hall–Kier alpha value is -1.20. The standard InChI is InChI=1S/C12H14F2N2O.ClH/c1-7(8-5-15-6-8)12(17)16-10-4-2-3-9(13)11(10)14;/h2-4,7-8,15H,5-6H2,1H3,(H,16,17);1H. The van der Waals surface area contributed by atoms with E-state index in [0.29, 0.717) is 0 Å². The van der Waals surface area contributed by atoms with Crippen LogP contribution in [-0.2, 0) is 4.79 Å². The lowest BCUT2D eigenvalue weighted by molar-refractivity contribution is -0.121. The smallest absolute Gasteiger partial charge is 0.227 e. The number of carbonyl (C=O) groups excluding carboxylic acids is 1. The van der Waals surface area contributed by atoms with Crippen LogP contribution in [0.1, 0.15) is 6.92 Å². The molecule has 0 bridgehead atoms. The highest BCUT2D eigenvalue weighted by Crippen LogP contribution is 2.21. The van der Waals surface area contributed by atoms with E-state index in [2.05, 4.69) is 10.6 Å². The van der Waals surface area contributed by atoms with Gasteiger partial charge in [0, 0.05) is 5.92 Å². The van der Waals surface area contributed by atoms with Gasteiger partial charge in [-0.3, -0.25) is 4.79 Å². The minimum atomic E-state index is -1.01. The Balaban J connectivity index is 0.00000162. The fourth-order valence-electron chi connectivity index (χ4n) is 1.73. The third-order valence-corrected chi connectivity index (χ3v) is 3.14. The predicted molar refractivity (Wildman–Crippen MR) is 67.8 cm³/mol. The van der Waals surface area contributed by atoms with E-state index in [-0.39, 0.29) is 35.8 Å². The van der Waals surface area contributed by atoms with Crippen LogP contribution < -0.4 is 10.6 Å². The molecule has 6 heteroatoms. The fourth-order valence-corrected chi connectivity index (χ4v) is 1.73. The average Bonchev–Trinajstić information content (AvgIpc) is 2.22. The van der Waals surface area contributed by atoms with Crippen LogP contribution in [0.15, 0.2) is 18.2 Å². The van der Waals surface area contributed by atoms with Crippen molar-refractivity contribution < 1.29 is 13.6 Å². The number of benzene rings is 1. The Bertz CT molecular complexity index is 438. The second-order valence-electron chi connectivity index (χ2n) is 4.30. The van der Waals surface area contributed by atoms with Gasteiger partial charge in [0.1, 0.15) is 0 Å². The van der Waals surface area contributed by atoms with E-state index in [1.807, 2.05) is 0 Å². The lowest BCUT2D eigenvalue weighted by Gasteiger charge is -2.31. The first-order chi connectivity index (χ1) is 8.09. The molecule has 1 aliphatic heterocycles. The Morgan fingerprint density at radius 3 is 2.67 bits per heavy atom. The molecule has 2 N–H and O–H groups in total. The molecular formula is C12H15ClF2N2O. The summed E-state index contributed by atoms with van der Waals surface area (Å²) in [6.07, 6.45) is 0. The molecule has 0 radical (unpaired) electrons. The van der Waals surface area contributed by atoms with Crippen LogP contribution >= 0.6 is 12.4 Å². The predicted octanol–water partition coefficient (Wildman–Crippen LogP) is 2.18. The number of amides is 1. The Morgan fingerprint density at radius 1 is 1.44 bits per heavy atom. The van der Waals surface area contributed by atoms with E-state index in [9.17, 15) is 13.6 Å². The van der Waals surface area contributed by atoms with Gasteiger partial charge < -0.3 is 10.6 Å². The molecule has 18 heavy (non-hydrogen) atoms. The summed E-state index contributed by atoms with van der Waals surface area (Å²) in [4.78, 5) is 11.8. The second kappa shape index (κ2) is 6.11. The van der Waals surface area contributed by atoms with Crippen molar-refractivity contribution in [2.24, 2.45) is 11.8 Å². The highest BCUT2D eigenvalue weighted by atomic mass is 35.5. The van der Waals surface area contributed by atoms with Gasteiger partial charge >= 0.3 is 0 Å². The van der Waals surface area contributed by atoms with Crippen LogP contribution in [0.3, 0.4) is 0 Å². The van der Waals surface area contributed by atoms with Crippen molar-refractivity contribution in [2.45, 2.75) is 6.92 Å². The average molecular weight is 277 g/mol. The largest absolute Gasteiger partial charge is 0.323 e. The molecule has 1 heterocycles. The Labute approximate surface area is 110 Å². The Morgan fingerprint density at radius 2 is 2.11 bits per heavy atom. The first kappa shape index (κ1) is 14.9. The van der Waals surface area contributed by atoms with Crippen LogP contribution in [0, 0.1) is 23.5 Å². The fraction of sp³-hybridized carbons (Fsp3) is 0.417. The molecule has 1 amide bonds. The lowest BCUT2D eigenvalue weighted by Crippen LogP contribution is -2.48. The third kappa shape index (κ3) is 2.97. The van der Waals surface area contributed by atoms with Gasteiger partial charge in [-0.05, 0) is 31.1 Å². The van der Waals surface area contributed by atoms with Gasteiger partial charge in [-0.15, -0.1) is 12.4 Å². The molecule has 1 saturated heterocycles. The highest BCUT2D eigenvalue weighted by molar-refractivity contribution is 5.92. The first-order valence-corrected chi connectivity index (χ1v) is 5.55. The summed E-state index contributed by atoms with van der Waals surface area (Å²) in [6.45, 7) is 3.37. The maximum atomic E-state index is 13.3. The molecule has 0 spiro atoms. The van der Waals surface area contributed by atoms with E-state index in [1.165, 1.54) is 12.1 Å². The molecule has 3 nitrogen and oxygen atoms in total. The lowest BCUT2D eigenvalue weighted by atomic mass is 9.88. The van der Waals surface area contributed by atoms with Crippen LogP contribution in [0.2, 0.25) is 0 Å². The number of rotatable bonds is 3. The number of halogens is 3. The number of carbonyl (C=O) groups is 1. The molecule has 0 aromatic heterocycles. The van der Waals surface area contributed by atoms with E-state index in [0.717, 1.165) is 19.2 Å². The first-order valence-electron chi connectivity index (χ1n) is 5.55. The SMILES string of the molecule is CC(C(=O)Nc1cccc(F)c1F)C1CNC1.Cl. The van der Waals surface area contributed by atoms with Crippen molar-refractivity contribution in [2.75, 3.05) is 18.4 Å². The van der Waals surface area contributed by atoms with Crippen molar-refractivity contribution in [3.63, 3.8) is 0 Å². The van der Waals surface area contributed by atoms with Gasteiger partial charge in [-0.25, -0.2) is 8.78 Å². The summed E-state index contributed by atoms with van der Waals surface area (Å²) in [7, 11) is 0. The molecule has 1 aromatic carbocycles. The molecular weight excluding hydrogens is 262 g/mol. The molecule has 0 aliphatic carbocycles. The van der Waals surface area contributed by atoms with Crippen LogP contribution in [0.5, 0.6) is 0 Å². The topological polar surface area (TPSA) is 41.1 Å². The molecule has 1 fully saturated rings. The molecule has 100 valence electrons. The van der Waals surface area contributed by atoms with E-state index in [1.54, 1.807) is 6.92 Å². The number of nitrogens with one attached hydrogen (secondary N) is 2. The highest BCUT2D eigenvalue weighted by Gasteiger charge is 2.29. The van der Waals surface area contributed by atoms with Gasteiger partial charge in [0.05, 0.1) is 5.69 Å². The van der Waals surface area contributed by atoms with Crippen molar-refractivity contribution >= 4 is 24.0 Å². The van der Waals surface area contributed by atoms with Gasteiger partial charge in [0.25, 0.3) is 0 Å². The number of hydrogen-bond acceptors (Lipinski definition) is 2. The normalized spacial score (nSPS) is 16.4. The minimum Gasteiger partial charge on any atom is -0.323 e. The molecule has 1 atom stereocenters. The minimum absolute atomic E-state index is 0. The van der Waals surface area contributed by atoms with Gasteiger partial charge in [-0.2, -0.15) is 0 Å². The summed E-state index contributed by atoms with van der Waals surface area (Å²) in [5.41, 5.74) is -0.103. The molecule has 0 saturated carbocycles. The van der Waals surface area contributed by atoms with Crippen LogP contribution in [-0.4, -0.2) is 19.0 Å². The number of hydrogen-bond donors (Lipinski definition) is 2. The monoisotopic (exact) mass is 276 g/mol. The molecule has 2 rings (SSSR count). The van der Waals surface area contributed by atoms with Crippen molar-refractivity contribution in [3.05, 3.63) is 29.8 Å². The zero-order valence-electron chi connectivity index (χ0n) is 9.87. The number of anilines is 1. The third-order valence-electron chi connectivity index (χ3n) is 3.14. The zero-order valence-corrected chi connectivity index (χ0v) is 10.7. The molecule has 1 aliphatic rings. The van der Waals surface area contributed by atoms with Crippen molar-refractivity contribution in [3.8, 4) is 0 Å². The summed E-state index contributed by atoms with van der Waals surface area (Å²) in [5.74, 6) is -2.19. The van der Waals surface area contributed by atoms with Crippen molar-refractivity contribution in [1.82, 2.24) is 5.32 Å². The second-order valence-corrected chi connectivity index (χ2v) is 4.30. The van der Waals surface area contributed by atoms with Crippen LogP contribution in [0.25, 0.3) is 0 Å². The molecule has 1 unspecified atom stereocenters. The quantitative estimate of drug-likeness (QED) is 0.888. The summed E-state index contributed by atoms with van der Waals surface area (Å²) < 4.78 is 26.3. The van der Waals surface area contributed by atoms with E-state index < -0.39 is 11.6 Å². The van der Waals surface area contributed by atoms with Gasteiger partial charge in [-0.1, -0.05) is 13.0 Å². The van der Waals surface area contributed by atoms with Crippen molar-refractivity contribution in [1.29, 1.82) is 0 Å². The van der Waals surface area contributed by atoms with Gasteiger partial charge in [0.2, 0.25) is 5.91 Å². The van der Waals surface area contributed by atoms with Crippen LogP contribution in [0.4, 0.5) is 14.5 Å². The summed E-state index contributed by atoms with van der Waals surface area (Å²) in [5, 5.41) is 5.49. The maximum Gasteiger partial charge on any atom is 0.227 e. The van der Waals surface area contributed by atoms with E-state index in [4.69, 9.17) is 0 Å². The summed E-state index contributed by atoms with van der Waals surface area (Å²) in [6, 6.07) is 3.73. The summed E-state index contributed by atoms with van der Waals surface area (Å²) >= 11 is 0.